The molecule has 0 aliphatic heterocycles. The van der Waals surface area contributed by atoms with Crippen LogP contribution < -0.4 is 0 Å². The smallest absolute Gasteiger partial charge is 0.0542 e. The lowest BCUT2D eigenvalue weighted by Gasteiger charge is -2.42. The summed E-state index contributed by atoms with van der Waals surface area (Å²) in [6.07, 6.45) is 0. The first-order chi connectivity index (χ1) is 31.3. The maximum atomic E-state index is 2.45. The third kappa shape index (κ3) is 6.04. The molecule has 0 aliphatic carbocycles. The maximum absolute atomic E-state index is 2.45. The van der Waals surface area contributed by atoms with Gasteiger partial charge in [-0.05, 0) is 131 Å². The highest BCUT2D eigenvalue weighted by atomic mass is 32.3. The molecule has 0 amide bonds. The Hall–Kier alpha value is -7.85. The van der Waals surface area contributed by atoms with Gasteiger partial charge in [0.05, 0.1) is 22.1 Å². The number of fused-ring (bicyclic) bond motifs is 6. The van der Waals surface area contributed by atoms with Crippen LogP contribution in [-0.2, 0) is 0 Å². The summed E-state index contributed by atoms with van der Waals surface area (Å²) in [4.78, 5) is 5.25. The number of nitrogens with zero attached hydrogens (tertiary/aromatic N) is 2. The van der Waals surface area contributed by atoms with E-state index < -0.39 is 10.0 Å². The number of benzene rings is 10. The number of rotatable bonds is 8. The minimum atomic E-state index is -1.80. The van der Waals surface area contributed by atoms with Crippen LogP contribution in [0.15, 0.2) is 274 Å². The van der Waals surface area contributed by atoms with Crippen molar-refractivity contribution in [2.24, 2.45) is 0 Å². The Morgan fingerprint density at radius 3 is 1.06 bits per heavy atom. The molecule has 0 unspecified atom stereocenters. The second-order valence-corrected chi connectivity index (χ2v) is 19.2. The SMILES string of the molecule is c1ccc(-c2ccc3c(c2)c2cc(-c4ccccc4)ccc2n3-c2ccc3c(c2)c2ccccc2n3-c2ccc(S(c3ccccc3)(c3ccccc3)c3ccccc3)cc2)cc1. The summed E-state index contributed by atoms with van der Waals surface area (Å²) in [5.41, 5.74) is 11.9. The highest BCUT2D eigenvalue weighted by Gasteiger charge is 2.33. The van der Waals surface area contributed by atoms with Crippen molar-refractivity contribution >= 4 is 53.6 Å². The Bertz CT molecular complexity index is 3380. The predicted molar refractivity (Wildman–Crippen MR) is 266 cm³/mol. The van der Waals surface area contributed by atoms with Crippen molar-refractivity contribution in [3.63, 3.8) is 0 Å². The zero-order valence-corrected chi connectivity index (χ0v) is 35.4. The van der Waals surface area contributed by atoms with E-state index >= 15 is 0 Å². The van der Waals surface area contributed by atoms with Gasteiger partial charge >= 0.3 is 0 Å². The molecule has 10 aromatic carbocycles. The fraction of sp³-hybridized carbons (Fsp3) is 0. The van der Waals surface area contributed by atoms with Gasteiger partial charge in [0.1, 0.15) is 0 Å². The Morgan fingerprint density at radius 1 is 0.222 bits per heavy atom. The van der Waals surface area contributed by atoms with E-state index in [1.54, 1.807) is 0 Å². The predicted octanol–water partition coefficient (Wildman–Crippen LogP) is 16.6. The van der Waals surface area contributed by atoms with E-state index in [2.05, 4.69) is 264 Å². The molecule has 0 fully saturated rings. The lowest BCUT2D eigenvalue weighted by Crippen LogP contribution is -2.05. The second-order valence-electron chi connectivity index (χ2n) is 16.1. The average molecular weight is 823 g/mol. The molecule has 12 rings (SSSR count). The highest BCUT2D eigenvalue weighted by Crippen LogP contribution is 2.73. The van der Waals surface area contributed by atoms with Crippen molar-refractivity contribution < 1.29 is 0 Å². The van der Waals surface area contributed by atoms with Crippen molar-refractivity contribution in [2.45, 2.75) is 19.6 Å². The van der Waals surface area contributed by atoms with Crippen LogP contribution in [0.2, 0.25) is 0 Å². The Balaban J connectivity index is 1.03. The van der Waals surface area contributed by atoms with Crippen molar-refractivity contribution in [2.75, 3.05) is 0 Å². The second kappa shape index (κ2) is 15.3. The van der Waals surface area contributed by atoms with Crippen molar-refractivity contribution in [3.8, 4) is 33.6 Å². The number of hydrogen-bond donors (Lipinski definition) is 0. The van der Waals surface area contributed by atoms with Crippen LogP contribution in [0, 0.1) is 0 Å². The van der Waals surface area contributed by atoms with E-state index in [0.717, 1.165) is 11.4 Å². The largest absolute Gasteiger partial charge is 0.309 e. The van der Waals surface area contributed by atoms with Gasteiger partial charge in [0, 0.05) is 52.5 Å². The van der Waals surface area contributed by atoms with Gasteiger partial charge in [0.15, 0.2) is 0 Å². The van der Waals surface area contributed by atoms with Crippen LogP contribution in [0.4, 0.5) is 0 Å². The quantitative estimate of drug-likeness (QED) is 0.144. The van der Waals surface area contributed by atoms with Gasteiger partial charge < -0.3 is 9.13 Å². The molecule has 0 saturated heterocycles. The van der Waals surface area contributed by atoms with Crippen LogP contribution in [0.1, 0.15) is 0 Å². The molecule has 12 aromatic rings. The normalized spacial score (nSPS) is 12.1. The van der Waals surface area contributed by atoms with Crippen LogP contribution in [0.5, 0.6) is 0 Å². The van der Waals surface area contributed by atoms with Crippen molar-refractivity contribution in [1.82, 2.24) is 9.13 Å². The lowest BCUT2D eigenvalue weighted by atomic mass is 10.0. The molecule has 0 atom stereocenters. The van der Waals surface area contributed by atoms with Gasteiger partial charge in [-0.3, -0.25) is 0 Å². The molecule has 2 heterocycles. The van der Waals surface area contributed by atoms with E-state index in [-0.39, 0.29) is 0 Å². The fourth-order valence-corrected chi connectivity index (χ4v) is 13.7. The van der Waals surface area contributed by atoms with Crippen LogP contribution in [-0.4, -0.2) is 9.13 Å². The molecule has 298 valence electrons. The minimum Gasteiger partial charge on any atom is -0.309 e. The molecule has 2 nitrogen and oxygen atoms in total. The van der Waals surface area contributed by atoms with Gasteiger partial charge in [0.2, 0.25) is 0 Å². The molecule has 0 saturated carbocycles. The first-order valence-corrected chi connectivity index (χ1v) is 23.2. The molecule has 2 aromatic heterocycles. The third-order valence-electron chi connectivity index (χ3n) is 12.6. The summed E-state index contributed by atoms with van der Waals surface area (Å²) in [6, 6.07) is 93.7. The van der Waals surface area contributed by atoms with Crippen LogP contribution in [0.25, 0.3) is 77.2 Å². The van der Waals surface area contributed by atoms with E-state index in [1.165, 1.54) is 85.4 Å². The third-order valence-corrected chi connectivity index (χ3v) is 16.5. The monoisotopic (exact) mass is 822 g/mol. The summed E-state index contributed by atoms with van der Waals surface area (Å²) in [5.74, 6) is 0. The summed E-state index contributed by atoms with van der Waals surface area (Å²) in [7, 11) is -1.80. The van der Waals surface area contributed by atoms with E-state index in [4.69, 9.17) is 0 Å². The molecular weight excluding hydrogens is 781 g/mol. The topological polar surface area (TPSA) is 9.86 Å². The summed E-state index contributed by atoms with van der Waals surface area (Å²) in [6.45, 7) is 0. The lowest BCUT2D eigenvalue weighted by molar-refractivity contribution is 1.15. The van der Waals surface area contributed by atoms with Gasteiger partial charge in [-0.2, -0.15) is 0 Å². The zero-order chi connectivity index (χ0) is 41.7. The van der Waals surface area contributed by atoms with Gasteiger partial charge in [-0.15, -0.1) is 10.0 Å². The van der Waals surface area contributed by atoms with Gasteiger partial charge in [-0.1, -0.05) is 146 Å². The number of aromatic nitrogens is 2. The summed E-state index contributed by atoms with van der Waals surface area (Å²) >= 11 is 0. The highest BCUT2D eigenvalue weighted by molar-refractivity contribution is 8.34. The van der Waals surface area contributed by atoms with E-state index in [0.29, 0.717) is 0 Å². The molecule has 0 radical (unpaired) electrons. The Kier molecular flexibility index (Phi) is 8.95. The van der Waals surface area contributed by atoms with Gasteiger partial charge in [-0.25, -0.2) is 0 Å². The van der Waals surface area contributed by atoms with Gasteiger partial charge in [0.25, 0.3) is 0 Å². The molecular formula is C60H42N2S. The fourth-order valence-electron chi connectivity index (χ4n) is 9.79. The Morgan fingerprint density at radius 2 is 0.571 bits per heavy atom. The molecule has 0 N–H and O–H groups in total. The average Bonchev–Trinajstić information content (AvgIpc) is 3.88. The first-order valence-electron chi connectivity index (χ1n) is 21.6. The van der Waals surface area contributed by atoms with Crippen LogP contribution >= 0.6 is 10.0 Å². The maximum Gasteiger partial charge on any atom is 0.0542 e. The molecule has 0 bridgehead atoms. The van der Waals surface area contributed by atoms with Crippen LogP contribution in [0.3, 0.4) is 0 Å². The number of para-hydroxylation sites is 1. The van der Waals surface area contributed by atoms with E-state index in [9.17, 15) is 0 Å². The van der Waals surface area contributed by atoms with Crippen molar-refractivity contribution in [1.29, 1.82) is 0 Å². The van der Waals surface area contributed by atoms with E-state index in [1.807, 2.05) is 0 Å². The summed E-state index contributed by atoms with van der Waals surface area (Å²) < 4.78 is 4.89. The molecule has 0 aliphatic rings. The zero-order valence-electron chi connectivity index (χ0n) is 34.6. The first kappa shape index (κ1) is 37.0. The standard InChI is InChI=1S/C60H42N2S/c1-6-18-43(19-7-1)45-30-37-58-54(40-45)55-41-46(44-20-8-2-9-21-44)31-38-59(55)62(58)48-34-39-60-56(42-48)53-28-16-17-29-57(53)61(60)47-32-35-52(36-33-47)63(49-22-10-3-11-23-49,50-24-12-4-13-25-50)51-26-14-5-15-27-51/h1-42H. The molecule has 3 heteroatoms. The molecule has 63 heavy (non-hydrogen) atoms. The molecule has 0 spiro atoms. The minimum absolute atomic E-state index is 1.14. The summed E-state index contributed by atoms with van der Waals surface area (Å²) in [5, 5.41) is 4.94. The number of hydrogen-bond acceptors (Lipinski definition) is 0. The Labute approximate surface area is 368 Å². The van der Waals surface area contributed by atoms with Crippen molar-refractivity contribution in [3.05, 3.63) is 255 Å².